The molecular weight excluding hydrogens is 271 g/mol. The molecular formula is C11H9ClF3NO2. The van der Waals surface area contributed by atoms with Gasteiger partial charge >= 0.3 is 5.97 Å². The van der Waals surface area contributed by atoms with Gasteiger partial charge in [-0.2, -0.15) is 8.78 Å². The Balaban J connectivity index is 2.45. The molecule has 0 spiro atoms. The van der Waals surface area contributed by atoms with E-state index in [1.54, 1.807) is 0 Å². The number of methoxy groups -OCH3 is 1. The number of nitrogens with zero attached hydrogens (tertiary/aromatic N) is 1. The maximum atomic E-state index is 13.7. The summed E-state index contributed by atoms with van der Waals surface area (Å²) in [5.74, 6) is -6.44. The molecule has 0 radical (unpaired) electrons. The predicted molar refractivity (Wildman–Crippen MR) is 57.2 cm³/mol. The first-order valence-corrected chi connectivity index (χ1v) is 5.58. The lowest BCUT2D eigenvalue weighted by molar-refractivity contribution is -0.0363. The van der Waals surface area contributed by atoms with E-state index in [2.05, 4.69) is 9.72 Å². The molecule has 0 N–H and O–H groups in total. The molecule has 0 bridgehead atoms. The van der Waals surface area contributed by atoms with E-state index >= 15 is 0 Å². The van der Waals surface area contributed by atoms with Gasteiger partial charge in [-0.05, 0) is 18.9 Å². The summed E-state index contributed by atoms with van der Waals surface area (Å²) in [6.07, 6.45) is 0.648. The van der Waals surface area contributed by atoms with Crippen LogP contribution in [0.4, 0.5) is 13.2 Å². The predicted octanol–water partition coefficient (Wildman–Crippen LogP) is 3.16. The lowest BCUT2D eigenvalue weighted by Crippen LogP contribution is -2.21. The second kappa shape index (κ2) is 4.42. The molecule has 0 atom stereocenters. The van der Waals surface area contributed by atoms with Crippen LogP contribution in [-0.2, 0) is 10.7 Å². The molecule has 7 heteroatoms. The van der Waals surface area contributed by atoms with E-state index in [1.807, 2.05) is 0 Å². The van der Waals surface area contributed by atoms with Gasteiger partial charge in [-0.15, -0.1) is 0 Å². The molecule has 0 aliphatic heterocycles. The van der Waals surface area contributed by atoms with E-state index in [0.717, 1.165) is 7.11 Å². The van der Waals surface area contributed by atoms with Crippen molar-refractivity contribution < 1.29 is 22.7 Å². The Morgan fingerprint density at radius 3 is 2.67 bits per heavy atom. The molecule has 1 fully saturated rings. The third-order valence-corrected chi connectivity index (χ3v) is 3.03. The first-order chi connectivity index (χ1) is 8.37. The van der Waals surface area contributed by atoms with Crippen molar-refractivity contribution in [3.8, 4) is 0 Å². The highest BCUT2D eigenvalue weighted by Crippen LogP contribution is 2.49. The number of hydrogen-bond donors (Lipinski definition) is 0. The lowest BCUT2D eigenvalue weighted by atomic mass is 10.1. The molecule has 1 aromatic rings. The Bertz CT molecular complexity index is 503. The summed E-state index contributed by atoms with van der Waals surface area (Å²) in [6.45, 7) is 0. The van der Waals surface area contributed by atoms with E-state index in [-0.39, 0.29) is 5.56 Å². The van der Waals surface area contributed by atoms with Gasteiger partial charge in [0.1, 0.15) is 10.8 Å². The molecule has 1 saturated carbocycles. The van der Waals surface area contributed by atoms with Crippen LogP contribution in [0.5, 0.6) is 0 Å². The molecule has 98 valence electrons. The van der Waals surface area contributed by atoms with Crippen LogP contribution in [0.25, 0.3) is 0 Å². The van der Waals surface area contributed by atoms with Crippen molar-refractivity contribution in [3.63, 3.8) is 0 Å². The highest BCUT2D eigenvalue weighted by Gasteiger charge is 2.51. The maximum Gasteiger partial charge on any atom is 0.341 e. The normalized spacial score (nSPS) is 15.6. The second-order valence-electron chi connectivity index (χ2n) is 4.05. The van der Waals surface area contributed by atoms with Crippen LogP contribution in [-0.4, -0.2) is 18.1 Å². The van der Waals surface area contributed by atoms with Crippen molar-refractivity contribution in [1.82, 2.24) is 4.98 Å². The molecule has 0 aromatic carbocycles. The molecule has 0 saturated heterocycles. The van der Waals surface area contributed by atoms with Gasteiger partial charge in [0, 0.05) is 5.92 Å². The molecule has 1 heterocycles. The Morgan fingerprint density at radius 1 is 1.56 bits per heavy atom. The topological polar surface area (TPSA) is 39.2 Å². The number of carbonyl (C=O) groups excluding carboxylic acids is 1. The zero-order valence-electron chi connectivity index (χ0n) is 9.34. The summed E-state index contributed by atoms with van der Waals surface area (Å²) in [6, 6.07) is 0.632. The van der Waals surface area contributed by atoms with Crippen LogP contribution in [0.2, 0.25) is 5.15 Å². The number of ether oxygens (including phenoxy) is 1. The van der Waals surface area contributed by atoms with Crippen LogP contribution in [0, 0.1) is 11.7 Å². The van der Waals surface area contributed by atoms with E-state index in [4.69, 9.17) is 11.6 Å². The molecule has 18 heavy (non-hydrogen) atoms. The second-order valence-corrected chi connectivity index (χ2v) is 4.40. The molecule has 1 aliphatic rings. The number of halogens is 4. The minimum atomic E-state index is -3.36. The maximum absolute atomic E-state index is 13.7. The monoisotopic (exact) mass is 279 g/mol. The summed E-state index contributed by atoms with van der Waals surface area (Å²) in [7, 11) is 1.07. The molecule has 3 nitrogen and oxygen atoms in total. The third-order valence-electron chi connectivity index (χ3n) is 2.74. The highest BCUT2D eigenvalue weighted by atomic mass is 35.5. The van der Waals surface area contributed by atoms with Crippen LogP contribution in [0.1, 0.15) is 28.9 Å². The summed E-state index contributed by atoms with van der Waals surface area (Å²) in [4.78, 5) is 14.5. The molecule has 0 unspecified atom stereocenters. The lowest BCUT2D eigenvalue weighted by Gasteiger charge is -2.16. The van der Waals surface area contributed by atoms with Gasteiger partial charge in [-0.25, -0.2) is 14.2 Å². The van der Waals surface area contributed by atoms with Gasteiger partial charge < -0.3 is 4.74 Å². The summed E-state index contributed by atoms with van der Waals surface area (Å²) in [5, 5.41) is -0.487. The summed E-state index contributed by atoms with van der Waals surface area (Å²) < 4.78 is 45.4. The fourth-order valence-electron chi connectivity index (χ4n) is 1.59. The molecule has 1 aliphatic carbocycles. The van der Waals surface area contributed by atoms with Gasteiger partial charge in [0.25, 0.3) is 5.92 Å². The van der Waals surface area contributed by atoms with E-state index in [9.17, 15) is 18.0 Å². The summed E-state index contributed by atoms with van der Waals surface area (Å²) >= 11 is 5.59. The van der Waals surface area contributed by atoms with Crippen LogP contribution in [0.15, 0.2) is 6.07 Å². The van der Waals surface area contributed by atoms with Gasteiger partial charge in [-0.3, -0.25) is 0 Å². The van der Waals surface area contributed by atoms with Gasteiger partial charge in [0.15, 0.2) is 5.82 Å². The third kappa shape index (κ3) is 2.16. The number of hydrogen-bond acceptors (Lipinski definition) is 3. The first kappa shape index (κ1) is 13.1. The fourth-order valence-corrected chi connectivity index (χ4v) is 1.81. The van der Waals surface area contributed by atoms with Crippen molar-refractivity contribution in [2.24, 2.45) is 5.92 Å². The zero-order chi connectivity index (χ0) is 13.5. The Hall–Kier alpha value is -1.30. The zero-order valence-corrected chi connectivity index (χ0v) is 10.1. The van der Waals surface area contributed by atoms with Crippen LogP contribution < -0.4 is 0 Å². The highest BCUT2D eigenvalue weighted by molar-refractivity contribution is 6.32. The number of carbonyl (C=O) groups is 1. The van der Waals surface area contributed by atoms with Crippen molar-refractivity contribution in [3.05, 3.63) is 28.3 Å². The number of alkyl halides is 2. The van der Waals surface area contributed by atoms with Crippen molar-refractivity contribution in [2.75, 3.05) is 7.11 Å². The van der Waals surface area contributed by atoms with E-state index < -0.39 is 34.5 Å². The smallest absolute Gasteiger partial charge is 0.341 e. The number of esters is 1. The molecule has 1 aromatic heterocycles. The Morgan fingerprint density at radius 2 is 2.17 bits per heavy atom. The largest absolute Gasteiger partial charge is 0.465 e. The minimum absolute atomic E-state index is 0.324. The Kier molecular flexibility index (Phi) is 3.23. The van der Waals surface area contributed by atoms with Gasteiger partial charge in [0.2, 0.25) is 0 Å². The van der Waals surface area contributed by atoms with Crippen molar-refractivity contribution in [2.45, 2.75) is 18.8 Å². The molecule has 2 rings (SSSR count). The summed E-state index contributed by atoms with van der Waals surface area (Å²) in [5.41, 5.74) is -1.38. The standard InChI is InChI=1S/C11H9ClF3NO2/c1-18-10(17)6-4-7(13)8(16-9(6)12)11(14,15)5-2-3-5/h4-5H,2-3H2,1H3. The Labute approximate surface area is 106 Å². The minimum Gasteiger partial charge on any atom is -0.465 e. The van der Waals surface area contributed by atoms with Gasteiger partial charge in [0.05, 0.1) is 12.7 Å². The van der Waals surface area contributed by atoms with Crippen LogP contribution >= 0.6 is 11.6 Å². The number of aromatic nitrogens is 1. The molecule has 0 amide bonds. The van der Waals surface area contributed by atoms with Crippen molar-refractivity contribution >= 4 is 17.6 Å². The van der Waals surface area contributed by atoms with E-state index in [0.29, 0.717) is 18.9 Å². The average Bonchev–Trinajstić information content (AvgIpc) is 3.14. The SMILES string of the molecule is COC(=O)c1cc(F)c(C(F)(F)C2CC2)nc1Cl. The number of rotatable bonds is 3. The number of pyridine rings is 1. The fraction of sp³-hybridized carbons (Fsp3) is 0.455. The first-order valence-electron chi connectivity index (χ1n) is 5.20. The van der Waals surface area contributed by atoms with Gasteiger partial charge in [-0.1, -0.05) is 11.6 Å². The van der Waals surface area contributed by atoms with E-state index in [1.165, 1.54) is 0 Å². The van der Waals surface area contributed by atoms with Crippen molar-refractivity contribution in [1.29, 1.82) is 0 Å². The average molecular weight is 280 g/mol. The van der Waals surface area contributed by atoms with Crippen LogP contribution in [0.3, 0.4) is 0 Å². The quantitative estimate of drug-likeness (QED) is 0.630.